The molecular weight excluding hydrogens is 258 g/mol. The summed E-state index contributed by atoms with van der Waals surface area (Å²) < 4.78 is 7.48. The van der Waals surface area contributed by atoms with Crippen molar-refractivity contribution in [2.75, 3.05) is 33.4 Å². The average Bonchev–Trinajstić information content (AvgIpc) is 2.91. The Morgan fingerprint density at radius 2 is 2.40 bits per heavy atom. The first-order chi connectivity index (χ1) is 9.63. The summed E-state index contributed by atoms with van der Waals surface area (Å²) in [6, 6.07) is 0.303. The Balaban J connectivity index is 1.94. The lowest BCUT2D eigenvalue weighted by atomic mass is 9.96. The molecule has 2 N–H and O–H groups in total. The number of likely N-dealkylation sites (N-methyl/N-ethyl adjacent to an activating group) is 1. The van der Waals surface area contributed by atoms with Gasteiger partial charge in [-0.3, -0.25) is 4.90 Å². The fraction of sp³-hybridized carbons (Fsp3) is 0.846. The maximum absolute atomic E-state index is 9.79. The quantitative estimate of drug-likeness (QED) is 0.731. The molecule has 114 valence electrons. The van der Waals surface area contributed by atoms with Gasteiger partial charge in [0.2, 0.25) is 0 Å². The first-order valence-corrected chi connectivity index (χ1v) is 7.12. The summed E-state index contributed by atoms with van der Waals surface area (Å²) in [5, 5.41) is 17.3. The number of aryl methyl sites for hydroxylation is 1. The molecule has 20 heavy (non-hydrogen) atoms. The van der Waals surface area contributed by atoms with E-state index in [1.54, 1.807) is 6.33 Å². The van der Waals surface area contributed by atoms with Crippen molar-refractivity contribution in [3.05, 3.63) is 12.2 Å². The summed E-state index contributed by atoms with van der Waals surface area (Å²) >= 11 is 0. The summed E-state index contributed by atoms with van der Waals surface area (Å²) in [7, 11) is 2.04. The summed E-state index contributed by atoms with van der Waals surface area (Å²) in [6.45, 7) is 7.57. The maximum atomic E-state index is 9.79. The Labute approximate surface area is 119 Å². The highest BCUT2D eigenvalue weighted by Gasteiger charge is 2.40. The van der Waals surface area contributed by atoms with Crippen LogP contribution in [0.1, 0.15) is 19.7 Å². The number of rotatable bonds is 6. The number of nitrogens with zero attached hydrogens (tertiary/aromatic N) is 4. The van der Waals surface area contributed by atoms with Gasteiger partial charge in [-0.25, -0.2) is 9.67 Å². The van der Waals surface area contributed by atoms with Gasteiger partial charge in [0.25, 0.3) is 0 Å². The molecule has 2 heterocycles. The van der Waals surface area contributed by atoms with Gasteiger partial charge in [0.1, 0.15) is 12.2 Å². The molecule has 1 aromatic heterocycles. The lowest BCUT2D eigenvalue weighted by Crippen LogP contribution is -2.65. The third-order valence-electron chi connectivity index (χ3n) is 4.17. The second-order valence-corrected chi connectivity index (χ2v) is 5.45. The van der Waals surface area contributed by atoms with Crippen molar-refractivity contribution in [3.63, 3.8) is 0 Å². The van der Waals surface area contributed by atoms with E-state index in [0.29, 0.717) is 32.3 Å². The second kappa shape index (κ2) is 6.62. The molecule has 0 aliphatic carbocycles. The van der Waals surface area contributed by atoms with Gasteiger partial charge in [-0.05, 0) is 20.9 Å². The van der Waals surface area contributed by atoms with Crippen LogP contribution in [0.25, 0.3) is 0 Å². The van der Waals surface area contributed by atoms with E-state index >= 15 is 0 Å². The average molecular weight is 283 g/mol. The molecule has 2 rings (SSSR count). The van der Waals surface area contributed by atoms with Crippen molar-refractivity contribution < 1.29 is 9.84 Å². The highest BCUT2D eigenvalue weighted by Crippen LogP contribution is 2.21. The molecule has 1 saturated heterocycles. The third kappa shape index (κ3) is 3.01. The minimum atomic E-state index is -0.366. The van der Waals surface area contributed by atoms with E-state index < -0.39 is 0 Å². The number of hydrogen-bond donors (Lipinski definition) is 2. The molecule has 7 heteroatoms. The van der Waals surface area contributed by atoms with Gasteiger partial charge >= 0.3 is 0 Å². The summed E-state index contributed by atoms with van der Waals surface area (Å²) in [5.41, 5.74) is -0.366. The van der Waals surface area contributed by atoms with E-state index in [9.17, 15) is 5.11 Å². The molecule has 7 nitrogen and oxygen atoms in total. The zero-order valence-corrected chi connectivity index (χ0v) is 12.5. The zero-order chi connectivity index (χ0) is 14.6. The topological polar surface area (TPSA) is 75.4 Å². The maximum Gasteiger partial charge on any atom is 0.140 e. The Bertz CT molecular complexity index is 425. The van der Waals surface area contributed by atoms with Crippen LogP contribution < -0.4 is 5.32 Å². The van der Waals surface area contributed by atoms with Crippen LogP contribution in [0.15, 0.2) is 6.33 Å². The van der Waals surface area contributed by atoms with Gasteiger partial charge in [0, 0.05) is 19.1 Å². The predicted molar refractivity (Wildman–Crippen MR) is 75.3 cm³/mol. The van der Waals surface area contributed by atoms with Crippen LogP contribution in [0.4, 0.5) is 0 Å². The minimum Gasteiger partial charge on any atom is -0.394 e. The van der Waals surface area contributed by atoms with Crippen LogP contribution in [0, 0.1) is 0 Å². The van der Waals surface area contributed by atoms with Crippen molar-refractivity contribution in [1.82, 2.24) is 25.0 Å². The van der Waals surface area contributed by atoms with Crippen molar-refractivity contribution in [2.45, 2.75) is 38.5 Å². The largest absolute Gasteiger partial charge is 0.394 e. The first kappa shape index (κ1) is 15.4. The first-order valence-electron chi connectivity index (χ1n) is 7.12. The number of aromatic nitrogens is 3. The molecule has 2 atom stereocenters. The van der Waals surface area contributed by atoms with Crippen molar-refractivity contribution in [3.8, 4) is 0 Å². The van der Waals surface area contributed by atoms with E-state index in [2.05, 4.69) is 27.2 Å². The van der Waals surface area contributed by atoms with Crippen LogP contribution in [0.3, 0.4) is 0 Å². The standard InChI is InChI=1S/C13H25N5O2/c1-4-18-12(15-10-16-18)5-14-7-13(8-19)9-20-6-11(2)17(13)3/h10-11,14,19H,4-9H2,1-3H3/t11-,13+/m1/s1. The Hall–Kier alpha value is -1.02. The fourth-order valence-corrected chi connectivity index (χ4v) is 2.59. The highest BCUT2D eigenvalue weighted by molar-refractivity contribution is 4.96. The molecule has 1 aliphatic rings. The van der Waals surface area contributed by atoms with Crippen molar-refractivity contribution in [1.29, 1.82) is 0 Å². The van der Waals surface area contributed by atoms with Gasteiger partial charge in [0.05, 0.1) is 31.9 Å². The number of aliphatic hydroxyl groups excluding tert-OH is 1. The third-order valence-corrected chi connectivity index (χ3v) is 4.17. The van der Waals surface area contributed by atoms with E-state index in [4.69, 9.17) is 4.74 Å². The Morgan fingerprint density at radius 1 is 1.60 bits per heavy atom. The Kier molecular flexibility index (Phi) is 5.09. The molecule has 0 saturated carbocycles. The van der Waals surface area contributed by atoms with Crippen LogP contribution in [0.5, 0.6) is 0 Å². The number of ether oxygens (including phenoxy) is 1. The van der Waals surface area contributed by atoms with Crippen LogP contribution in [0.2, 0.25) is 0 Å². The number of nitrogens with one attached hydrogen (secondary N) is 1. The number of hydrogen-bond acceptors (Lipinski definition) is 6. The minimum absolute atomic E-state index is 0.0707. The SMILES string of the molecule is CCn1ncnc1CNC[C@]1(CO)COC[C@@H](C)N1C. The van der Waals surface area contributed by atoms with Crippen molar-refractivity contribution in [2.24, 2.45) is 0 Å². The van der Waals surface area contributed by atoms with Gasteiger partial charge in [-0.2, -0.15) is 5.10 Å². The lowest BCUT2D eigenvalue weighted by Gasteiger charge is -2.47. The molecule has 0 bridgehead atoms. The van der Waals surface area contributed by atoms with E-state index in [1.807, 2.05) is 18.7 Å². The van der Waals surface area contributed by atoms with Crippen LogP contribution in [-0.4, -0.2) is 69.8 Å². The van der Waals surface area contributed by atoms with Gasteiger partial charge in [-0.15, -0.1) is 0 Å². The lowest BCUT2D eigenvalue weighted by molar-refractivity contribution is -0.106. The molecule has 1 fully saturated rings. The van der Waals surface area contributed by atoms with Crippen LogP contribution in [-0.2, 0) is 17.8 Å². The van der Waals surface area contributed by atoms with E-state index in [-0.39, 0.29) is 12.1 Å². The molecule has 0 amide bonds. The van der Waals surface area contributed by atoms with E-state index in [1.165, 1.54) is 0 Å². The molecule has 0 unspecified atom stereocenters. The summed E-state index contributed by atoms with van der Waals surface area (Å²) in [5.74, 6) is 0.910. The van der Waals surface area contributed by atoms with Gasteiger partial charge < -0.3 is 15.2 Å². The molecule has 0 spiro atoms. The molecule has 1 aromatic rings. The second-order valence-electron chi connectivity index (χ2n) is 5.45. The number of aliphatic hydroxyl groups is 1. The van der Waals surface area contributed by atoms with Crippen LogP contribution >= 0.6 is 0 Å². The monoisotopic (exact) mass is 283 g/mol. The molecule has 1 aliphatic heterocycles. The smallest absolute Gasteiger partial charge is 0.140 e. The normalized spacial score (nSPS) is 27.9. The predicted octanol–water partition coefficient (Wildman–Crippen LogP) is -0.531. The number of morpholine rings is 1. The van der Waals surface area contributed by atoms with Crippen molar-refractivity contribution >= 4 is 0 Å². The van der Waals surface area contributed by atoms with Gasteiger partial charge in [0.15, 0.2) is 0 Å². The molecular formula is C13H25N5O2. The summed E-state index contributed by atoms with van der Waals surface area (Å²) in [4.78, 5) is 6.44. The van der Waals surface area contributed by atoms with Gasteiger partial charge in [-0.1, -0.05) is 0 Å². The molecule has 0 aromatic carbocycles. The summed E-state index contributed by atoms with van der Waals surface area (Å²) in [6.07, 6.45) is 1.57. The zero-order valence-electron chi connectivity index (χ0n) is 12.5. The highest BCUT2D eigenvalue weighted by atomic mass is 16.5. The van der Waals surface area contributed by atoms with E-state index in [0.717, 1.165) is 12.4 Å². The molecule has 0 radical (unpaired) electrons. The Morgan fingerprint density at radius 3 is 3.10 bits per heavy atom. The fourth-order valence-electron chi connectivity index (χ4n) is 2.59.